The first-order valence-corrected chi connectivity index (χ1v) is 12.4. The molecule has 2 aliphatic rings. The number of hydrogen-bond acceptors (Lipinski definition) is 3. The SMILES string of the molecule is CCCOc1ccc(CN2C(=O)c3cc4ccccc4n3CC2(C)C(=O)NC2CCCC2)cc1. The molecule has 3 aromatic rings. The monoisotopic (exact) mass is 459 g/mol. The van der Waals surface area contributed by atoms with Gasteiger partial charge in [0.1, 0.15) is 17.0 Å². The van der Waals surface area contributed by atoms with E-state index in [2.05, 4.69) is 12.2 Å². The number of amides is 2. The van der Waals surface area contributed by atoms with Crippen LogP contribution in [0.3, 0.4) is 0 Å². The summed E-state index contributed by atoms with van der Waals surface area (Å²) in [6, 6.07) is 18.0. The molecule has 2 aromatic carbocycles. The van der Waals surface area contributed by atoms with Crippen molar-refractivity contribution in [3.63, 3.8) is 0 Å². The Morgan fingerprint density at radius 1 is 1.12 bits per heavy atom. The summed E-state index contributed by atoms with van der Waals surface area (Å²) in [5.74, 6) is 0.634. The van der Waals surface area contributed by atoms with Crippen LogP contribution in [0.2, 0.25) is 0 Å². The highest BCUT2D eigenvalue weighted by molar-refractivity contribution is 6.03. The fourth-order valence-corrected chi connectivity index (χ4v) is 5.26. The standard InChI is InChI=1S/C28H33N3O3/c1-3-16-34-23-14-12-20(13-15-23)18-31-26(32)25-17-21-8-4-7-11-24(21)30(25)19-28(31,2)27(33)29-22-9-5-6-10-22/h4,7-8,11-15,17,22H,3,5-6,9-10,16,18-19H2,1-2H3,(H,29,33). The van der Waals surface area contributed by atoms with Crippen LogP contribution < -0.4 is 10.1 Å². The van der Waals surface area contributed by atoms with Gasteiger partial charge in [0.25, 0.3) is 5.91 Å². The molecule has 2 amide bonds. The maximum Gasteiger partial charge on any atom is 0.271 e. The fourth-order valence-electron chi connectivity index (χ4n) is 5.26. The van der Waals surface area contributed by atoms with Crippen molar-refractivity contribution in [2.45, 2.75) is 70.6 Å². The van der Waals surface area contributed by atoms with E-state index in [1.165, 1.54) is 0 Å². The molecule has 1 atom stereocenters. The molecule has 0 bridgehead atoms. The normalized spacial score (nSPS) is 20.5. The molecule has 178 valence electrons. The molecule has 6 nitrogen and oxygen atoms in total. The molecule has 5 rings (SSSR count). The average Bonchev–Trinajstić information content (AvgIpc) is 3.49. The van der Waals surface area contributed by atoms with Crippen molar-refractivity contribution in [1.29, 1.82) is 0 Å². The van der Waals surface area contributed by atoms with Crippen LogP contribution in [0, 0.1) is 0 Å². The van der Waals surface area contributed by atoms with Crippen molar-refractivity contribution in [3.8, 4) is 5.75 Å². The summed E-state index contributed by atoms with van der Waals surface area (Å²) in [7, 11) is 0. The second-order valence-electron chi connectivity index (χ2n) is 9.79. The molecule has 1 N–H and O–H groups in total. The highest BCUT2D eigenvalue weighted by Crippen LogP contribution is 2.34. The van der Waals surface area contributed by atoms with Crippen LogP contribution in [0.25, 0.3) is 10.9 Å². The molecular weight excluding hydrogens is 426 g/mol. The van der Waals surface area contributed by atoms with Crippen molar-refractivity contribution >= 4 is 22.7 Å². The van der Waals surface area contributed by atoms with Gasteiger partial charge >= 0.3 is 0 Å². The van der Waals surface area contributed by atoms with Crippen molar-refractivity contribution in [2.75, 3.05) is 6.61 Å². The Morgan fingerprint density at radius 2 is 1.85 bits per heavy atom. The summed E-state index contributed by atoms with van der Waals surface area (Å²) < 4.78 is 7.72. The number of hydrogen-bond donors (Lipinski definition) is 1. The van der Waals surface area contributed by atoms with Gasteiger partial charge in [-0.2, -0.15) is 0 Å². The number of ether oxygens (including phenoxy) is 1. The molecular formula is C28H33N3O3. The van der Waals surface area contributed by atoms with E-state index in [4.69, 9.17) is 4.74 Å². The number of rotatable bonds is 7. The first-order chi connectivity index (χ1) is 16.5. The minimum absolute atomic E-state index is 0.0703. The Balaban J connectivity index is 1.49. The Hall–Kier alpha value is -3.28. The third-order valence-electron chi connectivity index (χ3n) is 7.25. The molecule has 1 aliphatic heterocycles. The van der Waals surface area contributed by atoms with Gasteiger partial charge in [-0.05, 0) is 56.0 Å². The third kappa shape index (κ3) is 4.06. The predicted octanol–water partition coefficient (Wildman–Crippen LogP) is 4.90. The van der Waals surface area contributed by atoms with Crippen LogP contribution in [-0.4, -0.2) is 39.5 Å². The number of carbonyl (C=O) groups excluding carboxylic acids is 2. The first-order valence-electron chi connectivity index (χ1n) is 12.4. The zero-order valence-corrected chi connectivity index (χ0v) is 20.0. The van der Waals surface area contributed by atoms with E-state index >= 15 is 0 Å². The number of fused-ring (bicyclic) bond motifs is 3. The van der Waals surface area contributed by atoms with Gasteiger partial charge in [0, 0.05) is 23.5 Å². The molecule has 1 unspecified atom stereocenters. The van der Waals surface area contributed by atoms with Gasteiger partial charge in [-0.25, -0.2) is 0 Å². The Kier molecular flexibility index (Phi) is 6.07. The lowest BCUT2D eigenvalue weighted by atomic mass is 9.93. The Labute approximate surface area is 200 Å². The van der Waals surface area contributed by atoms with Crippen LogP contribution in [0.1, 0.15) is 62.0 Å². The van der Waals surface area contributed by atoms with Crippen LogP contribution in [-0.2, 0) is 17.9 Å². The quantitative estimate of drug-likeness (QED) is 0.546. The molecule has 0 saturated heterocycles. The topological polar surface area (TPSA) is 63.6 Å². The number of para-hydroxylation sites is 1. The number of nitrogens with zero attached hydrogens (tertiary/aromatic N) is 2. The van der Waals surface area contributed by atoms with Crippen molar-refractivity contribution in [1.82, 2.24) is 14.8 Å². The Morgan fingerprint density at radius 3 is 2.59 bits per heavy atom. The van der Waals surface area contributed by atoms with Gasteiger partial charge in [-0.3, -0.25) is 9.59 Å². The smallest absolute Gasteiger partial charge is 0.271 e. The molecule has 1 aliphatic carbocycles. The second-order valence-corrected chi connectivity index (χ2v) is 9.79. The van der Waals surface area contributed by atoms with Gasteiger partial charge in [-0.15, -0.1) is 0 Å². The first kappa shape index (κ1) is 22.5. The van der Waals surface area contributed by atoms with Gasteiger partial charge in [0.15, 0.2) is 0 Å². The van der Waals surface area contributed by atoms with Crippen LogP contribution >= 0.6 is 0 Å². The maximum atomic E-state index is 13.9. The van der Waals surface area contributed by atoms with Gasteiger partial charge in [0.2, 0.25) is 5.91 Å². The lowest BCUT2D eigenvalue weighted by Gasteiger charge is -2.44. The highest BCUT2D eigenvalue weighted by atomic mass is 16.5. The zero-order valence-electron chi connectivity index (χ0n) is 20.0. The number of aromatic nitrogens is 1. The summed E-state index contributed by atoms with van der Waals surface area (Å²) in [6.07, 6.45) is 5.25. The van der Waals surface area contributed by atoms with Gasteiger partial charge in [-0.1, -0.05) is 50.1 Å². The summed E-state index contributed by atoms with van der Waals surface area (Å²) in [6.45, 7) is 5.45. The largest absolute Gasteiger partial charge is 0.494 e. The molecule has 1 fully saturated rings. The zero-order chi connectivity index (χ0) is 23.7. The molecule has 0 spiro atoms. The molecule has 2 heterocycles. The van der Waals surface area contributed by atoms with Crippen LogP contribution in [0.5, 0.6) is 5.75 Å². The van der Waals surface area contributed by atoms with E-state index in [1.54, 1.807) is 4.90 Å². The maximum absolute atomic E-state index is 13.9. The molecule has 6 heteroatoms. The van der Waals surface area contributed by atoms with E-state index in [1.807, 2.05) is 66.1 Å². The molecule has 0 radical (unpaired) electrons. The van der Waals surface area contributed by atoms with Crippen molar-refractivity contribution in [2.24, 2.45) is 0 Å². The van der Waals surface area contributed by atoms with Crippen LogP contribution in [0.15, 0.2) is 54.6 Å². The van der Waals surface area contributed by atoms with E-state index in [0.717, 1.165) is 54.3 Å². The summed E-state index contributed by atoms with van der Waals surface area (Å²) in [4.78, 5) is 29.3. The minimum Gasteiger partial charge on any atom is -0.494 e. The van der Waals surface area contributed by atoms with Crippen LogP contribution in [0.4, 0.5) is 0 Å². The van der Waals surface area contributed by atoms with Gasteiger partial charge in [0.05, 0.1) is 13.2 Å². The van der Waals surface area contributed by atoms with Gasteiger partial charge < -0.3 is 19.5 Å². The highest BCUT2D eigenvalue weighted by Gasteiger charge is 2.48. The predicted molar refractivity (Wildman–Crippen MR) is 133 cm³/mol. The summed E-state index contributed by atoms with van der Waals surface area (Å²) in [5, 5.41) is 4.28. The molecule has 1 aromatic heterocycles. The number of carbonyl (C=O) groups is 2. The van der Waals surface area contributed by atoms with E-state index in [-0.39, 0.29) is 17.9 Å². The van der Waals surface area contributed by atoms with E-state index in [0.29, 0.717) is 25.4 Å². The van der Waals surface area contributed by atoms with Crippen molar-refractivity contribution in [3.05, 3.63) is 65.9 Å². The lowest BCUT2D eigenvalue weighted by Crippen LogP contribution is -2.64. The molecule has 34 heavy (non-hydrogen) atoms. The second kappa shape index (κ2) is 9.16. The minimum atomic E-state index is -0.994. The van der Waals surface area contributed by atoms with E-state index < -0.39 is 5.54 Å². The lowest BCUT2D eigenvalue weighted by molar-refractivity contribution is -0.133. The number of nitrogens with one attached hydrogen (secondary N) is 1. The average molecular weight is 460 g/mol. The van der Waals surface area contributed by atoms with Crippen molar-refractivity contribution < 1.29 is 14.3 Å². The fraction of sp³-hybridized carbons (Fsp3) is 0.429. The molecule has 1 saturated carbocycles. The summed E-state index contributed by atoms with van der Waals surface area (Å²) >= 11 is 0. The summed E-state index contributed by atoms with van der Waals surface area (Å²) in [5.41, 5.74) is 1.60. The third-order valence-corrected chi connectivity index (χ3v) is 7.25. The number of benzene rings is 2. The Bertz CT molecular complexity index is 1190. The van der Waals surface area contributed by atoms with E-state index in [9.17, 15) is 9.59 Å².